The van der Waals surface area contributed by atoms with Gasteiger partial charge in [0.1, 0.15) is 5.82 Å². The molecular weight excluding hydrogens is 192 g/mol. The van der Waals surface area contributed by atoms with Crippen LogP contribution in [-0.4, -0.2) is 9.38 Å². The predicted molar refractivity (Wildman–Crippen MR) is 59.9 cm³/mol. The number of imidazole rings is 1. The minimum atomic E-state index is 0.693. The molecule has 1 aliphatic rings. The summed E-state index contributed by atoms with van der Waals surface area (Å²) in [5.41, 5.74) is 2.32. The standard InChI is InChI=1S/C11H12N2S/c14-7-9-10-3-1-2-6-13(10)11(12-9)8-4-5-8/h1-3,6,8,14H,4-5,7H2. The Bertz CT molecular complexity index is 471. The lowest BCUT2D eigenvalue weighted by Gasteiger charge is -1.96. The van der Waals surface area contributed by atoms with E-state index in [1.165, 1.54) is 24.2 Å². The average Bonchev–Trinajstić information content (AvgIpc) is 3.00. The molecule has 3 heteroatoms. The monoisotopic (exact) mass is 204 g/mol. The smallest absolute Gasteiger partial charge is 0.116 e. The van der Waals surface area contributed by atoms with E-state index in [4.69, 9.17) is 0 Å². The number of hydrogen-bond donors (Lipinski definition) is 1. The third-order valence-electron chi connectivity index (χ3n) is 2.74. The second-order valence-corrected chi connectivity index (χ2v) is 4.12. The molecule has 1 fully saturated rings. The number of thiol groups is 1. The first-order valence-electron chi connectivity index (χ1n) is 4.97. The van der Waals surface area contributed by atoms with Crippen LogP contribution in [0, 0.1) is 0 Å². The average molecular weight is 204 g/mol. The van der Waals surface area contributed by atoms with E-state index in [1.54, 1.807) is 0 Å². The van der Waals surface area contributed by atoms with Crippen LogP contribution in [0.3, 0.4) is 0 Å². The van der Waals surface area contributed by atoms with Crippen LogP contribution in [0.25, 0.3) is 5.52 Å². The Hall–Kier alpha value is -0.960. The molecule has 0 bridgehead atoms. The lowest BCUT2D eigenvalue weighted by atomic mass is 10.3. The minimum absolute atomic E-state index is 0.693. The second kappa shape index (κ2) is 3.02. The summed E-state index contributed by atoms with van der Waals surface area (Å²) in [7, 11) is 0. The number of hydrogen-bond acceptors (Lipinski definition) is 2. The van der Waals surface area contributed by atoms with Crippen LogP contribution in [0.5, 0.6) is 0 Å². The molecule has 3 rings (SSSR count). The fraction of sp³-hybridized carbons (Fsp3) is 0.364. The van der Waals surface area contributed by atoms with Crippen molar-refractivity contribution in [3.63, 3.8) is 0 Å². The Labute approximate surface area is 88.4 Å². The zero-order chi connectivity index (χ0) is 9.54. The summed E-state index contributed by atoms with van der Waals surface area (Å²) >= 11 is 4.31. The molecule has 1 aliphatic carbocycles. The zero-order valence-corrected chi connectivity index (χ0v) is 8.74. The summed E-state index contributed by atoms with van der Waals surface area (Å²) in [6, 6.07) is 6.23. The van der Waals surface area contributed by atoms with E-state index >= 15 is 0 Å². The molecule has 14 heavy (non-hydrogen) atoms. The van der Waals surface area contributed by atoms with Crippen molar-refractivity contribution in [1.29, 1.82) is 0 Å². The molecule has 0 atom stereocenters. The highest BCUT2D eigenvalue weighted by Crippen LogP contribution is 2.40. The van der Waals surface area contributed by atoms with Gasteiger partial charge in [-0.3, -0.25) is 0 Å². The summed E-state index contributed by atoms with van der Waals surface area (Å²) in [6.45, 7) is 0. The number of rotatable bonds is 2. The van der Waals surface area contributed by atoms with Crippen LogP contribution in [0.15, 0.2) is 24.4 Å². The highest BCUT2D eigenvalue weighted by molar-refractivity contribution is 7.79. The van der Waals surface area contributed by atoms with E-state index in [2.05, 4.69) is 46.4 Å². The Balaban J connectivity index is 2.28. The largest absolute Gasteiger partial charge is 0.303 e. The van der Waals surface area contributed by atoms with Gasteiger partial charge in [0.2, 0.25) is 0 Å². The first kappa shape index (κ1) is 8.36. The van der Waals surface area contributed by atoms with Gasteiger partial charge in [0, 0.05) is 17.9 Å². The molecule has 0 unspecified atom stereocenters. The van der Waals surface area contributed by atoms with Gasteiger partial charge in [-0.05, 0) is 25.0 Å². The van der Waals surface area contributed by atoms with Gasteiger partial charge >= 0.3 is 0 Å². The van der Waals surface area contributed by atoms with Gasteiger partial charge in [0.25, 0.3) is 0 Å². The predicted octanol–water partition coefficient (Wildman–Crippen LogP) is 2.64. The molecule has 0 spiro atoms. The Kier molecular flexibility index (Phi) is 1.80. The van der Waals surface area contributed by atoms with Crippen molar-refractivity contribution in [1.82, 2.24) is 9.38 Å². The summed E-state index contributed by atoms with van der Waals surface area (Å²) in [5.74, 6) is 2.64. The Morgan fingerprint density at radius 3 is 3.00 bits per heavy atom. The summed E-state index contributed by atoms with van der Waals surface area (Å²) < 4.78 is 2.21. The second-order valence-electron chi connectivity index (χ2n) is 3.80. The fourth-order valence-electron chi connectivity index (χ4n) is 1.87. The molecule has 72 valence electrons. The highest BCUT2D eigenvalue weighted by atomic mass is 32.1. The lowest BCUT2D eigenvalue weighted by molar-refractivity contribution is 0.916. The van der Waals surface area contributed by atoms with Crippen LogP contribution in [0.1, 0.15) is 30.3 Å². The topological polar surface area (TPSA) is 17.3 Å². The van der Waals surface area contributed by atoms with Crippen molar-refractivity contribution in [2.45, 2.75) is 24.5 Å². The molecule has 1 saturated carbocycles. The van der Waals surface area contributed by atoms with E-state index < -0.39 is 0 Å². The van der Waals surface area contributed by atoms with Crippen molar-refractivity contribution >= 4 is 18.1 Å². The van der Waals surface area contributed by atoms with Gasteiger partial charge < -0.3 is 4.40 Å². The Morgan fingerprint density at radius 1 is 1.43 bits per heavy atom. The number of fused-ring (bicyclic) bond motifs is 1. The van der Waals surface area contributed by atoms with Crippen molar-refractivity contribution in [3.8, 4) is 0 Å². The van der Waals surface area contributed by atoms with E-state index in [0.717, 1.165) is 11.4 Å². The van der Waals surface area contributed by atoms with Crippen LogP contribution >= 0.6 is 12.6 Å². The van der Waals surface area contributed by atoms with E-state index in [9.17, 15) is 0 Å². The molecule has 2 nitrogen and oxygen atoms in total. The number of nitrogens with zero attached hydrogens (tertiary/aromatic N) is 2. The fourth-order valence-corrected chi connectivity index (χ4v) is 2.11. The van der Waals surface area contributed by atoms with Gasteiger partial charge in [-0.25, -0.2) is 4.98 Å². The summed E-state index contributed by atoms with van der Waals surface area (Å²) in [6.07, 6.45) is 4.68. The van der Waals surface area contributed by atoms with Gasteiger partial charge in [0.05, 0.1) is 11.2 Å². The molecule has 0 radical (unpaired) electrons. The quantitative estimate of drug-likeness (QED) is 0.744. The maximum Gasteiger partial charge on any atom is 0.116 e. The van der Waals surface area contributed by atoms with Gasteiger partial charge in [0.15, 0.2) is 0 Å². The molecule has 2 heterocycles. The van der Waals surface area contributed by atoms with Crippen molar-refractivity contribution in [2.24, 2.45) is 0 Å². The first-order valence-corrected chi connectivity index (χ1v) is 5.60. The van der Waals surface area contributed by atoms with Crippen molar-refractivity contribution in [2.75, 3.05) is 0 Å². The minimum Gasteiger partial charge on any atom is -0.303 e. The summed E-state index contributed by atoms with van der Waals surface area (Å²) in [4.78, 5) is 4.66. The van der Waals surface area contributed by atoms with Gasteiger partial charge in [-0.1, -0.05) is 6.07 Å². The highest BCUT2D eigenvalue weighted by Gasteiger charge is 2.28. The van der Waals surface area contributed by atoms with Gasteiger partial charge in [-0.2, -0.15) is 12.6 Å². The number of aromatic nitrogens is 2. The van der Waals surface area contributed by atoms with E-state index in [0.29, 0.717) is 5.92 Å². The van der Waals surface area contributed by atoms with Crippen LogP contribution in [-0.2, 0) is 5.75 Å². The molecule has 0 aromatic carbocycles. The van der Waals surface area contributed by atoms with E-state index in [1.807, 2.05) is 0 Å². The number of pyridine rings is 1. The normalized spacial score (nSPS) is 16.4. The molecule has 0 N–H and O–H groups in total. The lowest BCUT2D eigenvalue weighted by Crippen LogP contribution is -1.90. The third-order valence-corrected chi connectivity index (χ3v) is 3.04. The van der Waals surface area contributed by atoms with E-state index in [-0.39, 0.29) is 0 Å². The molecule has 2 aromatic rings. The molecule has 0 aliphatic heterocycles. The summed E-state index contributed by atoms with van der Waals surface area (Å²) in [5, 5.41) is 0. The van der Waals surface area contributed by atoms with Crippen molar-refractivity contribution in [3.05, 3.63) is 35.9 Å². The Morgan fingerprint density at radius 2 is 2.29 bits per heavy atom. The maximum atomic E-state index is 4.66. The van der Waals surface area contributed by atoms with Gasteiger partial charge in [-0.15, -0.1) is 0 Å². The molecular formula is C11H12N2S. The molecule has 0 saturated heterocycles. The van der Waals surface area contributed by atoms with Crippen LogP contribution < -0.4 is 0 Å². The molecule has 2 aromatic heterocycles. The van der Waals surface area contributed by atoms with Crippen LogP contribution in [0.4, 0.5) is 0 Å². The zero-order valence-electron chi connectivity index (χ0n) is 7.85. The first-order chi connectivity index (χ1) is 6.90. The SMILES string of the molecule is SCc1nc(C2CC2)n2ccccc12. The maximum absolute atomic E-state index is 4.66. The molecule has 0 amide bonds. The van der Waals surface area contributed by atoms with Crippen molar-refractivity contribution < 1.29 is 0 Å². The van der Waals surface area contributed by atoms with Crippen LogP contribution in [0.2, 0.25) is 0 Å². The third kappa shape index (κ3) is 1.16.